The molecule has 0 aromatic heterocycles. The minimum atomic E-state index is 0.0822. The van der Waals surface area contributed by atoms with Crippen LogP contribution in [0.3, 0.4) is 0 Å². The quantitative estimate of drug-likeness (QED) is 0.488. The first kappa shape index (κ1) is 6.16. The summed E-state index contributed by atoms with van der Waals surface area (Å²) in [6.07, 6.45) is 1.03. The predicted octanol–water partition coefficient (Wildman–Crippen LogP) is 0.467. The van der Waals surface area contributed by atoms with Crippen molar-refractivity contribution in [3.63, 3.8) is 0 Å². The minimum Gasteiger partial charge on any atom is -0.386 e. The molecular weight excluding hydrogens is 128 g/mol. The van der Waals surface area contributed by atoms with Crippen LogP contribution in [-0.4, -0.2) is 36.3 Å². The second-order valence-electron chi connectivity index (χ2n) is 3.45. The normalized spacial score (nSPS) is 29.6. The van der Waals surface area contributed by atoms with Gasteiger partial charge in [0, 0.05) is 19.5 Å². The van der Waals surface area contributed by atoms with Crippen LogP contribution in [0.15, 0.2) is 5.16 Å². The predicted molar refractivity (Wildman–Crippen MR) is 39.0 cm³/mol. The third-order valence-electron chi connectivity index (χ3n) is 2.09. The average Bonchev–Trinajstić information content (AvgIpc) is 2.10. The van der Waals surface area contributed by atoms with Crippen LogP contribution in [0, 0.1) is 0 Å². The lowest BCUT2D eigenvalue weighted by Gasteiger charge is -2.43. The van der Waals surface area contributed by atoms with E-state index in [-0.39, 0.29) is 5.60 Å². The Morgan fingerprint density at radius 3 is 2.70 bits per heavy atom. The summed E-state index contributed by atoms with van der Waals surface area (Å²) in [6.45, 7) is 4.09. The summed E-state index contributed by atoms with van der Waals surface area (Å²) >= 11 is 0. The van der Waals surface area contributed by atoms with E-state index in [0.717, 1.165) is 25.2 Å². The third kappa shape index (κ3) is 0.736. The van der Waals surface area contributed by atoms with Crippen molar-refractivity contribution >= 4 is 5.71 Å². The molecule has 0 radical (unpaired) electrons. The van der Waals surface area contributed by atoms with E-state index >= 15 is 0 Å². The Balaban J connectivity index is 1.99. The van der Waals surface area contributed by atoms with E-state index < -0.39 is 0 Å². The molecule has 2 heterocycles. The highest BCUT2D eigenvalue weighted by molar-refractivity contribution is 5.83. The minimum absolute atomic E-state index is 0.0822. The summed E-state index contributed by atoms with van der Waals surface area (Å²) in [6, 6.07) is 0. The molecule has 0 bridgehead atoms. The highest BCUT2D eigenvalue weighted by Crippen LogP contribution is 2.32. The van der Waals surface area contributed by atoms with Gasteiger partial charge in [0.2, 0.25) is 0 Å². The number of likely N-dealkylation sites (N-methyl/N-ethyl adjacent to an activating group) is 1. The molecule has 3 heteroatoms. The summed E-state index contributed by atoms with van der Waals surface area (Å²) in [5, 5.41) is 3.94. The zero-order valence-electron chi connectivity index (χ0n) is 6.42. The van der Waals surface area contributed by atoms with Gasteiger partial charge in [-0.15, -0.1) is 0 Å². The van der Waals surface area contributed by atoms with Crippen molar-refractivity contribution in [2.75, 3.05) is 20.1 Å². The third-order valence-corrected chi connectivity index (χ3v) is 2.09. The molecule has 0 unspecified atom stereocenters. The largest absolute Gasteiger partial charge is 0.386 e. The Morgan fingerprint density at radius 1 is 1.60 bits per heavy atom. The second-order valence-corrected chi connectivity index (χ2v) is 3.45. The van der Waals surface area contributed by atoms with Gasteiger partial charge in [0.05, 0.1) is 5.71 Å². The van der Waals surface area contributed by atoms with Crippen molar-refractivity contribution in [3.8, 4) is 0 Å². The zero-order chi connectivity index (χ0) is 7.19. The van der Waals surface area contributed by atoms with Crippen molar-refractivity contribution in [3.05, 3.63) is 0 Å². The van der Waals surface area contributed by atoms with Crippen LogP contribution in [0.4, 0.5) is 0 Å². The molecule has 2 rings (SSSR count). The molecule has 2 aliphatic heterocycles. The lowest BCUT2D eigenvalue weighted by Crippen LogP contribution is -2.59. The highest BCUT2D eigenvalue weighted by Gasteiger charge is 2.47. The van der Waals surface area contributed by atoms with E-state index in [1.165, 1.54) is 0 Å². The molecule has 3 nitrogen and oxygen atoms in total. The van der Waals surface area contributed by atoms with Gasteiger partial charge in [-0.2, -0.15) is 0 Å². The van der Waals surface area contributed by atoms with Crippen LogP contribution < -0.4 is 0 Å². The van der Waals surface area contributed by atoms with Crippen LogP contribution in [0.2, 0.25) is 0 Å². The van der Waals surface area contributed by atoms with Crippen molar-refractivity contribution in [2.45, 2.75) is 18.9 Å². The number of likely N-dealkylation sites (tertiary alicyclic amines) is 1. The van der Waals surface area contributed by atoms with Crippen molar-refractivity contribution in [1.82, 2.24) is 4.90 Å². The monoisotopic (exact) mass is 140 g/mol. The molecule has 0 saturated carbocycles. The zero-order valence-corrected chi connectivity index (χ0v) is 6.42. The van der Waals surface area contributed by atoms with Crippen LogP contribution in [-0.2, 0) is 4.84 Å². The molecule has 1 fully saturated rings. The van der Waals surface area contributed by atoms with Gasteiger partial charge in [-0.1, -0.05) is 5.16 Å². The van der Waals surface area contributed by atoms with E-state index in [9.17, 15) is 0 Å². The molecule has 0 atom stereocenters. The summed E-state index contributed by atoms with van der Waals surface area (Å²) in [5.74, 6) is 0. The molecular formula is C7H12N2O. The van der Waals surface area contributed by atoms with E-state index in [0.29, 0.717) is 0 Å². The molecule has 1 saturated heterocycles. The smallest absolute Gasteiger partial charge is 0.168 e. The Kier molecular flexibility index (Phi) is 1.06. The molecule has 0 aromatic carbocycles. The fraction of sp³-hybridized carbons (Fsp3) is 0.857. The van der Waals surface area contributed by atoms with Gasteiger partial charge in [0.25, 0.3) is 0 Å². The fourth-order valence-corrected chi connectivity index (χ4v) is 1.81. The van der Waals surface area contributed by atoms with Gasteiger partial charge in [-0.25, -0.2) is 0 Å². The van der Waals surface area contributed by atoms with Crippen molar-refractivity contribution in [2.24, 2.45) is 5.16 Å². The fourth-order valence-electron chi connectivity index (χ4n) is 1.81. The first-order valence-electron chi connectivity index (χ1n) is 3.60. The molecule has 0 N–H and O–H groups in total. The van der Waals surface area contributed by atoms with E-state index in [2.05, 4.69) is 17.1 Å². The van der Waals surface area contributed by atoms with Crippen LogP contribution >= 0.6 is 0 Å². The Morgan fingerprint density at radius 2 is 2.30 bits per heavy atom. The van der Waals surface area contributed by atoms with E-state index in [1.807, 2.05) is 6.92 Å². The summed E-state index contributed by atoms with van der Waals surface area (Å²) in [5.41, 5.74) is 1.21. The lowest BCUT2D eigenvalue weighted by atomic mass is 9.90. The van der Waals surface area contributed by atoms with E-state index in [4.69, 9.17) is 4.84 Å². The maximum absolute atomic E-state index is 5.31. The molecule has 56 valence electrons. The van der Waals surface area contributed by atoms with Crippen molar-refractivity contribution in [1.29, 1.82) is 0 Å². The topological polar surface area (TPSA) is 24.8 Å². The standard InChI is InChI=1S/C7H12N2O/c1-6-3-7(10-8-6)4-9(2)5-7/h3-5H2,1-2H3. The molecule has 0 aromatic rings. The molecule has 0 amide bonds. The number of oxime groups is 1. The molecule has 1 spiro atoms. The summed E-state index contributed by atoms with van der Waals surface area (Å²) in [4.78, 5) is 7.55. The Bertz CT molecular complexity index is 182. The summed E-state index contributed by atoms with van der Waals surface area (Å²) in [7, 11) is 2.10. The van der Waals surface area contributed by atoms with Gasteiger partial charge < -0.3 is 4.84 Å². The molecule has 2 aliphatic rings. The van der Waals surface area contributed by atoms with Gasteiger partial charge in [-0.3, -0.25) is 4.90 Å². The van der Waals surface area contributed by atoms with Crippen LogP contribution in [0.25, 0.3) is 0 Å². The highest BCUT2D eigenvalue weighted by atomic mass is 16.7. The van der Waals surface area contributed by atoms with Crippen molar-refractivity contribution < 1.29 is 4.84 Å². The first-order chi connectivity index (χ1) is 4.70. The lowest BCUT2D eigenvalue weighted by molar-refractivity contribution is -0.116. The van der Waals surface area contributed by atoms with Gasteiger partial charge in [0.1, 0.15) is 0 Å². The maximum atomic E-state index is 5.31. The molecule has 10 heavy (non-hydrogen) atoms. The SMILES string of the molecule is CC1=NOC2(C1)CN(C)C2. The molecule has 0 aliphatic carbocycles. The van der Waals surface area contributed by atoms with Gasteiger partial charge >= 0.3 is 0 Å². The van der Waals surface area contributed by atoms with Gasteiger partial charge in [0.15, 0.2) is 5.60 Å². The maximum Gasteiger partial charge on any atom is 0.168 e. The number of rotatable bonds is 0. The van der Waals surface area contributed by atoms with Gasteiger partial charge in [-0.05, 0) is 14.0 Å². The van der Waals surface area contributed by atoms with Crippen LogP contribution in [0.5, 0.6) is 0 Å². The average molecular weight is 140 g/mol. The Hall–Kier alpha value is -0.570. The first-order valence-corrected chi connectivity index (χ1v) is 3.60. The second kappa shape index (κ2) is 1.72. The number of nitrogens with zero attached hydrogens (tertiary/aromatic N) is 2. The van der Waals surface area contributed by atoms with E-state index in [1.54, 1.807) is 0 Å². The Labute approximate surface area is 60.6 Å². The number of hydrogen-bond acceptors (Lipinski definition) is 3. The number of hydrogen-bond donors (Lipinski definition) is 0. The van der Waals surface area contributed by atoms with Crippen LogP contribution in [0.1, 0.15) is 13.3 Å². The summed E-state index contributed by atoms with van der Waals surface area (Å²) < 4.78 is 0.